The third-order valence-electron chi connectivity index (χ3n) is 3.50. The van der Waals surface area contributed by atoms with Crippen LogP contribution in [0.3, 0.4) is 0 Å². The smallest absolute Gasteiger partial charge is 0.000935 e. The molecule has 0 saturated carbocycles. The third kappa shape index (κ3) is 9.61. The highest BCUT2D eigenvalue weighted by Gasteiger charge is 2.09. The Kier molecular flexibility index (Phi) is 11.0. The van der Waals surface area contributed by atoms with Crippen LogP contribution in [0.1, 0.15) is 53.9 Å². The molecule has 0 heterocycles. The summed E-state index contributed by atoms with van der Waals surface area (Å²) in [5.41, 5.74) is 0. The Bertz CT molecular complexity index is 153. The Labute approximate surface area is 109 Å². The molecular weight excluding hydrogens is 208 g/mol. The maximum Gasteiger partial charge on any atom is 0.000935 e. The van der Waals surface area contributed by atoms with Crippen LogP contribution in [0.15, 0.2) is 0 Å². The van der Waals surface area contributed by atoms with E-state index in [4.69, 9.17) is 0 Å². The van der Waals surface area contributed by atoms with Gasteiger partial charge in [0.25, 0.3) is 0 Å². The summed E-state index contributed by atoms with van der Waals surface area (Å²) in [5, 5.41) is 3.52. The molecule has 0 aliphatic carbocycles. The molecule has 0 bridgehead atoms. The quantitative estimate of drug-likeness (QED) is 0.559. The number of hydrogen-bond acceptors (Lipinski definition) is 2. The fourth-order valence-corrected chi connectivity index (χ4v) is 2.11. The van der Waals surface area contributed by atoms with Crippen molar-refractivity contribution in [2.75, 3.05) is 32.7 Å². The van der Waals surface area contributed by atoms with Crippen LogP contribution in [0.4, 0.5) is 0 Å². The Morgan fingerprint density at radius 1 is 1.06 bits per heavy atom. The highest BCUT2D eigenvalue weighted by molar-refractivity contribution is 4.64. The van der Waals surface area contributed by atoms with Crippen molar-refractivity contribution in [1.29, 1.82) is 0 Å². The van der Waals surface area contributed by atoms with E-state index in [9.17, 15) is 0 Å². The number of nitrogens with zero attached hydrogens (tertiary/aromatic N) is 1. The average Bonchev–Trinajstić information content (AvgIpc) is 2.32. The summed E-state index contributed by atoms with van der Waals surface area (Å²) in [4.78, 5) is 2.61. The van der Waals surface area contributed by atoms with E-state index in [0.29, 0.717) is 0 Å². The lowest BCUT2D eigenvalue weighted by Gasteiger charge is -2.25. The maximum absolute atomic E-state index is 3.52. The van der Waals surface area contributed by atoms with Crippen molar-refractivity contribution in [3.05, 3.63) is 0 Å². The molecule has 104 valence electrons. The van der Waals surface area contributed by atoms with E-state index in [1.807, 2.05) is 0 Å². The highest BCUT2D eigenvalue weighted by Crippen LogP contribution is 2.09. The van der Waals surface area contributed by atoms with Gasteiger partial charge in [-0.3, -0.25) is 0 Å². The monoisotopic (exact) mass is 242 g/mol. The van der Waals surface area contributed by atoms with Crippen molar-refractivity contribution in [3.8, 4) is 0 Å². The fourth-order valence-electron chi connectivity index (χ4n) is 2.11. The van der Waals surface area contributed by atoms with E-state index in [-0.39, 0.29) is 0 Å². The lowest BCUT2D eigenvalue weighted by atomic mass is 10.0. The minimum Gasteiger partial charge on any atom is -0.316 e. The number of hydrogen-bond donors (Lipinski definition) is 1. The van der Waals surface area contributed by atoms with Gasteiger partial charge in [-0.05, 0) is 44.4 Å². The summed E-state index contributed by atoms with van der Waals surface area (Å²) in [6.45, 7) is 17.5. The fraction of sp³-hybridized carbons (Fsp3) is 1.00. The van der Waals surface area contributed by atoms with Crippen LogP contribution in [0, 0.1) is 11.8 Å². The Balaban J connectivity index is 3.60. The lowest BCUT2D eigenvalue weighted by Crippen LogP contribution is -2.32. The van der Waals surface area contributed by atoms with E-state index in [1.54, 1.807) is 0 Å². The van der Waals surface area contributed by atoms with Crippen molar-refractivity contribution in [2.24, 2.45) is 11.8 Å². The molecule has 0 fully saturated rings. The van der Waals surface area contributed by atoms with Gasteiger partial charge in [0.05, 0.1) is 0 Å². The number of rotatable bonds is 11. The Morgan fingerprint density at radius 3 is 2.18 bits per heavy atom. The van der Waals surface area contributed by atoms with Crippen LogP contribution >= 0.6 is 0 Å². The summed E-state index contributed by atoms with van der Waals surface area (Å²) in [7, 11) is 0. The topological polar surface area (TPSA) is 15.3 Å². The first-order chi connectivity index (χ1) is 8.13. The van der Waals surface area contributed by atoms with Crippen LogP contribution in [-0.4, -0.2) is 37.6 Å². The highest BCUT2D eigenvalue weighted by atomic mass is 15.1. The molecule has 0 unspecified atom stereocenters. The molecule has 0 spiro atoms. The molecular formula is C15H34N2. The second-order valence-electron chi connectivity index (χ2n) is 5.53. The van der Waals surface area contributed by atoms with Crippen molar-refractivity contribution >= 4 is 0 Å². The summed E-state index contributed by atoms with van der Waals surface area (Å²) in [6.07, 6.45) is 3.91. The van der Waals surface area contributed by atoms with Crippen molar-refractivity contribution in [3.63, 3.8) is 0 Å². The molecule has 0 aliphatic rings. The summed E-state index contributed by atoms with van der Waals surface area (Å²) >= 11 is 0. The van der Waals surface area contributed by atoms with Gasteiger partial charge in [-0.1, -0.05) is 47.5 Å². The van der Waals surface area contributed by atoms with Crippen molar-refractivity contribution < 1.29 is 0 Å². The summed E-state index contributed by atoms with van der Waals surface area (Å²) in [5.74, 6) is 1.65. The minimum atomic E-state index is 0.766. The summed E-state index contributed by atoms with van der Waals surface area (Å²) in [6, 6.07) is 0. The van der Waals surface area contributed by atoms with E-state index in [1.165, 1.54) is 38.9 Å². The predicted octanol–water partition coefficient (Wildman–Crippen LogP) is 3.38. The van der Waals surface area contributed by atoms with Gasteiger partial charge in [-0.25, -0.2) is 0 Å². The van der Waals surface area contributed by atoms with Gasteiger partial charge in [-0.2, -0.15) is 0 Å². The minimum absolute atomic E-state index is 0.766. The maximum atomic E-state index is 3.52. The first-order valence-electron chi connectivity index (χ1n) is 7.56. The van der Waals surface area contributed by atoms with E-state index < -0.39 is 0 Å². The normalized spacial score (nSPS) is 12.0. The van der Waals surface area contributed by atoms with Crippen LogP contribution < -0.4 is 5.32 Å². The molecule has 0 amide bonds. The summed E-state index contributed by atoms with van der Waals surface area (Å²) < 4.78 is 0. The van der Waals surface area contributed by atoms with Crippen LogP contribution in [0.25, 0.3) is 0 Å². The first kappa shape index (κ1) is 16.9. The van der Waals surface area contributed by atoms with E-state index in [2.05, 4.69) is 44.8 Å². The zero-order valence-corrected chi connectivity index (χ0v) is 12.8. The average molecular weight is 242 g/mol. The molecule has 0 aromatic rings. The number of nitrogens with one attached hydrogen (secondary N) is 1. The second-order valence-corrected chi connectivity index (χ2v) is 5.53. The van der Waals surface area contributed by atoms with Gasteiger partial charge in [0.1, 0.15) is 0 Å². The van der Waals surface area contributed by atoms with Gasteiger partial charge >= 0.3 is 0 Å². The molecule has 0 saturated heterocycles. The van der Waals surface area contributed by atoms with Gasteiger partial charge in [0.2, 0.25) is 0 Å². The second kappa shape index (κ2) is 11.0. The van der Waals surface area contributed by atoms with Crippen molar-refractivity contribution in [2.45, 2.75) is 53.9 Å². The Morgan fingerprint density at radius 2 is 1.71 bits per heavy atom. The van der Waals surface area contributed by atoms with Gasteiger partial charge < -0.3 is 10.2 Å². The Hall–Kier alpha value is -0.0800. The predicted molar refractivity (Wildman–Crippen MR) is 78.5 cm³/mol. The van der Waals surface area contributed by atoms with Gasteiger partial charge in [0.15, 0.2) is 0 Å². The molecule has 2 nitrogen and oxygen atoms in total. The third-order valence-corrected chi connectivity index (χ3v) is 3.50. The zero-order valence-electron chi connectivity index (χ0n) is 12.8. The van der Waals surface area contributed by atoms with Gasteiger partial charge in [-0.15, -0.1) is 0 Å². The zero-order chi connectivity index (χ0) is 13.1. The van der Waals surface area contributed by atoms with E-state index in [0.717, 1.165) is 24.9 Å². The molecule has 2 heteroatoms. The molecule has 17 heavy (non-hydrogen) atoms. The van der Waals surface area contributed by atoms with Crippen LogP contribution in [0.2, 0.25) is 0 Å². The molecule has 0 aliphatic heterocycles. The van der Waals surface area contributed by atoms with E-state index >= 15 is 0 Å². The largest absolute Gasteiger partial charge is 0.316 e. The molecule has 0 aromatic carbocycles. The van der Waals surface area contributed by atoms with Crippen LogP contribution in [-0.2, 0) is 0 Å². The first-order valence-corrected chi connectivity index (χ1v) is 7.56. The van der Waals surface area contributed by atoms with Crippen molar-refractivity contribution in [1.82, 2.24) is 10.2 Å². The standard InChI is InChI=1S/C15H34N2/c1-6-15(7-2)13-17(8-3)11-9-10-16-12-14(4)5/h14-16H,6-13H2,1-5H3. The van der Waals surface area contributed by atoms with Crippen LogP contribution in [0.5, 0.6) is 0 Å². The lowest BCUT2D eigenvalue weighted by molar-refractivity contribution is 0.230. The van der Waals surface area contributed by atoms with Gasteiger partial charge in [0, 0.05) is 6.54 Å². The molecule has 0 atom stereocenters. The molecule has 0 aromatic heterocycles. The molecule has 0 rings (SSSR count). The molecule has 0 radical (unpaired) electrons. The molecule has 1 N–H and O–H groups in total. The SMILES string of the molecule is CCC(CC)CN(CC)CCCNCC(C)C.